The minimum absolute atomic E-state index is 0.0514. The van der Waals surface area contributed by atoms with Gasteiger partial charge in [-0.25, -0.2) is 39.9 Å². The molecule has 2 aliphatic rings. The Morgan fingerprint density at radius 2 is 1.79 bits per heavy atom. The highest BCUT2D eigenvalue weighted by atomic mass is 35.5. The standard InChI is InChI=1S/C25H21ClF5N3O4S/c1-32-39(36,37)13-5-3-11(4-6-13)22-19(25(35)38-2)23(14-7-8-15(28)21(31)20(14)26)34-24(33-22)18-16(29)9-12(27)10-17(18)30/h5,7-11,23,32H,3-4,6H2,1-2H3,(H,33,34)/t11-,23?/m0/s1. The Hall–Kier alpha value is -3.29. The van der Waals surface area contributed by atoms with Crippen LogP contribution in [0.1, 0.15) is 36.4 Å². The van der Waals surface area contributed by atoms with Crippen LogP contribution in [0.15, 0.2) is 51.5 Å². The van der Waals surface area contributed by atoms with Crippen LogP contribution < -0.4 is 10.0 Å². The van der Waals surface area contributed by atoms with Gasteiger partial charge in [-0.15, -0.1) is 0 Å². The van der Waals surface area contributed by atoms with Crippen molar-refractivity contribution in [2.45, 2.75) is 25.3 Å². The van der Waals surface area contributed by atoms with Gasteiger partial charge in [-0.2, -0.15) is 0 Å². The summed E-state index contributed by atoms with van der Waals surface area (Å²) in [5.41, 5.74) is -1.14. The van der Waals surface area contributed by atoms with Gasteiger partial charge >= 0.3 is 5.97 Å². The topological polar surface area (TPSA) is 96.9 Å². The minimum Gasteiger partial charge on any atom is -0.466 e. The number of hydrogen-bond donors (Lipinski definition) is 2. The van der Waals surface area contributed by atoms with E-state index in [0.717, 1.165) is 19.2 Å². The van der Waals surface area contributed by atoms with E-state index in [1.807, 2.05) is 0 Å². The van der Waals surface area contributed by atoms with Gasteiger partial charge in [-0.3, -0.25) is 4.99 Å². The van der Waals surface area contributed by atoms with Gasteiger partial charge in [0, 0.05) is 29.3 Å². The molecule has 39 heavy (non-hydrogen) atoms. The maximum absolute atomic E-state index is 14.8. The van der Waals surface area contributed by atoms with Crippen molar-refractivity contribution in [3.8, 4) is 0 Å². The number of methoxy groups -OCH3 is 1. The van der Waals surface area contributed by atoms with Gasteiger partial charge in [-0.1, -0.05) is 23.7 Å². The number of hydrogen-bond acceptors (Lipinski definition) is 6. The number of carbonyl (C=O) groups excluding carboxylic acids is 1. The number of allylic oxidation sites excluding steroid dienone is 3. The summed E-state index contributed by atoms with van der Waals surface area (Å²) in [7, 11) is -1.40. The van der Waals surface area contributed by atoms with Crippen LogP contribution in [0, 0.1) is 35.0 Å². The number of amidine groups is 1. The summed E-state index contributed by atoms with van der Waals surface area (Å²) in [6.07, 6.45) is 1.72. The third-order valence-electron chi connectivity index (χ3n) is 6.47. The van der Waals surface area contributed by atoms with Crippen molar-refractivity contribution >= 4 is 33.4 Å². The molecule has 0 bridgehead atoms. The van der Waals surface area contributed by atoms with E-state index in [9.17, 15) is 35.2 Å². The molecular weight excluding hydrogens is 569 g/mol. The van der Waals surface area contributed by atoms with E-state index in [0.29, 0.717) is 12.1 Å². The largest absolute Gasteiger partial charge is 0.466 e. The molecule has 2 N–H and O–H groups in total. The molecule has 208 valence electrons. The summed E-state index contributed by atoms with van der Waals surface area (Å²) in [6, 6.07) is 1.15. The average Bonchev–Trinajstić information content (AvgIpc) is 2.90. The zero-order valence-corrected chi connectivity index (χ0v) is 22.0. The van der Waals surface area contributed by atoms with E-state index < -0.39 is 73.5 Å². The molecule has 0 saturated heterocycles. The molecule has 1 aliphatic heterocycles. The first-order valence-corrected chi connectivity index (χ1v) is 13.3. The third-order valence-corrected chi connectivity index (χ3v) is 8.46. The first kappa shape index (κ1) is 28.7. The second kappa shape index (κ2) is 11.1. The number of nitrogens with one attached hydrogen (secondary N) is 2. The van der Waals surface area contributed by atoms with Crippen LogP contribution in [-0.4, -0.2) is 34.4 Å². The van der Waals surface area contributed by atoms with Crippen LogP contribution in [0.3, 0.4) is 0 Å². The van der Waals surface area contributed by atoms with Crippen LogP contribution in [0.2, 0.25) is 5.02 Å². The summed E-state index contributed by atoms with van der Waals surface area (Å²) in [5, 5.41) is 2.01. The van der Waals surface area contributed by atoms with E-state index in [2.05, 4.69) is 15.0 Å². The SMILES string of the molecule is CNS(=O)(=O)C1=CC[C@H](C2=C(C(=O)OC)C(c3ccc(F)c(F)c3Cl)N=C(c3c(F)cc(F)cc3F)N2)CC1. The summed E-state index contributed by atoms with van der Waals surface area (Å²) in [5.74, 6) is -8.60. The van der Waals surface area contributed by atoms with Gasteiger partial charge in [0.15, 0.2) is 11.6 Å². The summed E-state index contributed by atoms with van der Waals surface area (Å²) >= 11 is 6.08. The Labute approximate surface area is 225 Å². The highest BCUT2D eigenvalue weighted by Crippen LogP contribution is 2.42. The number of sulfonamides is 1. The lowest BCUT2D eigenvalue weighted by Gasteiger charge is -2.33. The number of benzene rings is 2. The predicted octanol–water partition coefficient (Wildman–Crippen LogP) is 4.79. The molecule has 1 heterocycles. The maximum Gasteiger partial charge on any atom is 0.338 e. The lowest BCUT2D eigenvalue weighted by atomic mass is 9.84. The molecule has 0 amide bonds. The Morgan fingerprint density at radius 1 is 1.13 bits per heavy atom. The van der Waals surface area contributed by atoms with Gasteiger partial charge in [0.2, 0.25) is 10.0 Å². The number of nitrogens with zero attached hydrogens (tertiary/aromatic N) is 1. The fourth-order valence-corrected chi connectivity index (χ4v) is 5.76. The molecule has 2 atom stereocenters. The average molecular weight is 590 g/mol. The number of halogens is 6. The summed E-state index contributed by atoms with van der Waals surface area (Å²) < 4.78 is 103. The molecule has 2 aromatic carbocycles. The molecule has 0 spiro atoms. The second-order valence-corrected chi connectivity index (χ2v) is 11.0. The van der Waals surface area contributed by atoms with Crippen molar-refractivity contribution in [2.75, 3.05) is 14.2 Å². The highest BCUT2D eigenvalue weighted by Gasteiger charge is 2.38. The van der Waals surface area contributed by atoms with E-state index >= 15 is 0 Å². The van der Waals surface area contributed by atoms with Crippen molar-refractivity contribution in [1.82, 2.24) is 10.0 Å². The molecule has 2 aromatic rings. The maximum atomic E-state index is 14.8. The van der Waals surface area contributed by atoms with E-state index in [1.54, 1.807) is 0 Å². The number of carbonyl (C=O) groups is 1. The van der Waals surface area contributed by atoms with E-state index in [-0.39, 0.29) is 41.0 Å². The lowest BCUT2D eigenvalue weighted by Crippen LogP contribution is -2.38. The van der Waals surface area contributed by atoms with Gasteiger partial charge < -0.3 is 10.1 Å². The van der Waals surface area contributed by atoms with Crippen molar-refractivity contribution in [1.29, 1.82) is 0 Å². The van der Waals surface area contributed by atoms with Crippen molar-refractivity contribution in [3.63, 3.8) is 0 Å². The Kier molecular flexibility index (Phi) is 8.14. The normalized spacial score (nSPS) is 19.8. The van der Waals surface area contributed by atoms with E-state index in [4.69, 9.17) is 16.3 Å². The van der Waals surface area contributed by atoms with Crippen molar-refractivity contribution in [2.24, 2.45) is 10.9 Å². The van der Waals surface area contributed by atoms with Crippen LogP contribution in [0.4, 0.5) is 22.0 Å². The molecule has 14 heteroatoms. The molecule has 4 rings (SSSR count). The molecule has 0 saturated carbocycles. The van der Waals surface area contributed by atoms with Crippen molar-refractivity contribution < 1.29 is 39.9 Å². The third kappa shape index (κ3) is 5.43. The Balaban J connectivity index is 1.94. The fourth-order valence-electron chi connectivity index (χ4n) is 4.54. The summed E-state index contributed by atoms with van der Waals surface area (Å²) in [4.78, 5) is 17.4. The molecule has 0 radical (unpaired) electrons. The molecule has 1 aliphatic carbocycles. The smallest absolute Gasteiger partial charge is 0.338 e. The lowest BCUT2D eigenvalue weighted by molar-refractivity contribution is -0.136. The second-order valence-electron chi connectivity index (χ2n) is 8.68. The Bertz CT molecular complexity index is 1540. The fraction of sp³-hybridized carbons (Fsp3) is 0.280. The monoisotopic (exact) mass is 589 g/mol. The zero-order chi connectivity index (χ0) is 28.6. The first-order valence-electron chi connectivity index (χ1n) is 11.5. The Morgan fingerprint density at radius 3 is 2.36 bits per heavy atom. The summed E-state index contributed by atoms with van der Waals surface area (Å²) in [6.45, 7) is 0. The highest BCUT2D eigenvalue weighted by molar-refractivity contribution is 7.93. The number of esters is 1. The van der Waals surface area contributed by atoms with Gasteiger partial charge in [0.25, 0.3) is 0 Å². The molecule has 7 nitrogen and oxygen atoms in total. The first-order chi connectivity index (χ1) is 18.4. The molecule has 0 fully saturated rings. The quantitative estimate of drug-likeness (QED) is 0.287. The molecule has 1 unspecified atom stereocenters. The van der Waals surface area contributed by atoms with Gasteiger partial charge in [0.1, 0.15) is 29.3 Å². The van der Waals surface area contributed by atoms with Crippen LogP contribution in [0.5, 0.6) is 0 Å². The van der Waals surface area contributed by atoms with Crippen LogP contribution >= 0.6 is 11.6 Å². The van der Waals surface area contributed by atoms with Crippen LogP contribution in [0.25, 0.3) is 0 Å². The number of rotatable bonds is 6. The minimum atomic E-state index is -3.72. The van der Waals surface area contributed by atoms with Crippen molar-refractivity contribution in [3.05, 3.63) is 91.8 Å². The van der Waals surface area contributed by atoms with Gasteiger partial charge in [-0.05, 0) is 32.4 Å². The number of ether oxygens (including phenoxy) is 1. The zero-order valence-electron chi connectivity index (χ0n) is 20.4. The van der Waals surface area contributed by atoms with E-state index in [1.165, 1.54) is 13.1 Å². The predicted molar refractivity (Wildman–Crippen MR) is 133 cm³/mol. The molecular formula is C25H21ClF5N3O4S. The van der Waals surface area contributed by atoms with Gasteiger partial charge in [0.05, 0.1) is 28.2 Å². The molecule has 0 aromatic heterocycles. The van der Waals surface area contributed by atoms with Crippen LogP contribution in [-0.2, 0) is 19.6 Å². The number of aliphatic imine (C=N–C) groups is 1.